The number of esters is 1. The lowest BCUT2D eigenvalue weighted by atomic mass is 10.2. The van der Waals surface area contributed by atoms with E-state index < -0.39 is 17.2 Å². The van der Waals surface area contributed by atoms with E-state index in [0.29, 0.717) is 40.1 Å². The molecule has 1 N–H and O–H groups in total. The Morgan fingerprint density at radius 2 is 1.90 bits per heavy atom. The lowest BCUT2D eigenvalue weighted by Crippen LogP contribution is -2.31. The zero-order valence-corrected chi connectivity index (χ0v) is 18.0. The molecule has 0 unspecified atom stereocenters. The van der Waals surface area contributed by atoms with Gasteiger partial charge in [-0.25, -0.2) is 14.6 Å². The van der Waals surface area contributed by atoms with E-state index in [1.54, 1.807) is 22.8 Å². The van der Waals surface area contributed by atoms with E-state index in [1.165, 1.54) is 4.57 Å². The number of hydrogen-bond acceptors (Lipinski definition) is 5. The number of nitrogens with zero attached hydrogens (tertiary/aromatic N) is 3. The van der Waals surface area contributed by atoms with Gasteiger partial charge in [0.15, 0.2) is 11.2 Å². The highest BCUT2D eigenvalue weighted by atomic mass is 79.9. The van der Waals surface area contributed by atoms with Crippen LogP contribution in [0.3, 0.4) is 0 Å². The quantitative estimate of drug-likeness (QED) is 0.518. The largest absolute Gasteiger partial charge is 0.454 e. The number of benzene rings is 1. The number of halogens is 1. The van der Waals surface area contributed by atoms with Gasteiger partial charge in [-0.3, -0.25) is 14.3 Å². The van der Waals surface area contributed by atoms with Crippen molar-refractivity contribution in [2.75, 3.05) is 0 Å². The second-order valence-electron chi connectivity index (χ2n) is 6.67. The number of fused-ring (bicyclic) bond motifs is 1. The van der Waals surface area contributed by atoms with Crippen molar-refractivity contribution in [1.29, 1.82) is 0 Å². The number of hydrogen-bond donors (Lipinski definition) is 1. The number of imidazole rings is 1. The summed E-state index contributed by atoms with van der Waals surface area (Å²) in [5.74, 6) is -0.0616. The third kappa shape index (κ3) is 4.34. The lowest BCUT2D eigenvalue weighted by Gasteiger charge is -2.09. The van der Waals surface area contributed by atoms with Crippen LogP contribution >= 0.6 is 15.9 Å². The van der Waals surface area contributed by atoms with E-state index >= 15 is 0 Å². The molecule has 3 rings (SSSR count). The predicted molar refractivity (Wildman–Crippen MR) is 113 cm³/mol. The van der Waals surface area contributed by atoms with Gasteiger partial charge in [0.1, 0.15) is 12.4 Å². The standard InChI is InChI=1S/C20H23BrN4O4/c1-3-5-11-25-17-16(18(26)23-20(25)28)24(10-4-2)15(22-17)12-29-19(27)13-8-6-7-9-14(13)21/h6-9H,3-5,10-12H2,1-2H3,(H,23,26,28). The molecule has 154 valence electrons. The minimum atomic E-state index is -0.495. The van der Waals surface area contributed by atoms with Crippen molar-refractivity contribution in [1.82, 2.24) is 19.1 Å². The molecule has 0 amide bonds. The molecule has 0 fully saturated rings. The van der Waals surface area contributed by atoms with E-state index in [0.717, 1.165) is 19.3 Å². The molecule has 2 heterocycles. The van der Waals surface area contributed by atoms with Crippen LogP contribution in [0, 0.1) is 0 Å². The van der Waals surface area contributed by atoms with Gasteiger partial charge in [0.25, 0.3) is 5.56 Å². The molecule has 9 heteroatoms. The number of ether oxygens (including phenoxy) is 1. The van der Waals surface area contributed by atoms with Crippen LogP contribution < -0.4 is 11.2 Å². The molecule has 0 saturated carbocycles. The van der Waals surface area contributed by atoms with E-state index in [-0.39, 0.29) is 6.61 Å². The van der Waals surface area contributed by atoms with Crippen LogP contribution in [0.5, 0.6) is 0 Å². The number of rotatable bonds is 8. The first-order valence-electron chi connectivity index (χ1n) is 9.61. The van der Waals surface area contributed by atoms with E-state index in [2.05, 4.69) is 25.9 Å². The fourth-order valence-electron chi connectivity index (χ4n) is 3.15. The van der Waals surface area contributed by atoms with Crippen LogP contribution in [0.2, 0.25) is 0 Å². The van der Waals surface area contributed by atoms with E-state index in [1.807, 2.05) is 19.9 Å². The summed E-state index contributed by atoms with van der Waals surface area (Å²) in [4.78, 5) is 44.1. The fourth-order valence-corrected chi connectivity index (χ4v) is 3.60. The molecule has 0 atom stereocenters. The highest BCUT2D eigenvalue weighted by molar-refractivity contribution is 9.10. The molecule has 0 aliphatic rings. The number of carbonyl (C=O) groups is 1. The molecule has 1 aromatic carbocycles. The number of unbranched alkanes of at least 4 members (excludes halogenated alkanes) is 1. The van der Waals surface area contributed by atoms with Gasteiger partial charge in [-0.2, -0.15) is 0 Å². The van der Waals surface area contributed by atoms with E-state index in [4.69, 9.17) is 4.74 Å². The summed E-state index contributed by atoms with van der Waals surface area (Å²) in [7, 11) is 0. The minimum Gasteiger partial charge on any atom is -0.454 e. The molecular formula is C20H23BrN4O4. The summed E-state index contributed by atoms with van der Waals surface area (Å²) >= 11 is 3.34. The van der Waals surface area contributed by atoms with Crippen molar-refractivity contribution < 1.29 is 9.53 Å². The lowest BCUT2D eigenvalue weighted by molar-refractivity contribution is 0.0457. The SMILES string of the molecule is CCCCn1c(=O)[nH]c(=O)c2c1nc(COC(=O)c1ccccc1Br)n2CCC. The molecular weight excluding hydrogens is 440 g/mol. The number of aryl methyl sites for hydroxylation is 2. The average molecular weight is 463 g/mol. The fraction of sp³-hybridized carbons (Fsp3) is 0.400. The van der Waals surface area contributed by atoms with Gasteiger partial charge < -0.3 is 9.30 Å². The molecule has 2 aromatic heterocycles. The van der Waals surface area contributed by atoms with Gasteiger partial charge in [0.2, 0.25) is 0 Å². The zero-order chi connectivity index (χ0) is 21.0. The smallest absolute Gasteiger partial charge is 0.339 e. The van der Waals surface area contributed by atoms with Crippen LogP contribution in [-0.2, 0) is 24.4 Å². The summed E-state index contributed by atoms with van der Waals surface area (Å²) in [5, 5.41) is 0. The third-order valence-electron chi connectivity index (χ3n) is 4.57. The van der Waals surface area contributed by atoms with Crippen molar-refractivity contribution in [3.63, 3.8) is 0 Å². The minimum absolute atomic E-state index is 0.101. The van der Waals surface area contributed by atoms with E-state index in [9.17, 15) is 14.4 Å². The highest BCUT2D eigenvalue weighted by Gasteiger charge is 2.20. The molecule has 0 saturated heterocycles. The van der Waals surface area contributed by atoms with Crippen molar-refractivity contribution in [2.45, 2.75) is 52.8 Å². The molecule has 29 heavy (non-hydrogen) atoms. The first kappa shape index (κ1) is 21.0. The van der Waals surface area contributed by atoms with Crippen LogP contribution in [0.4, 0.5) is 0 Å². The number of nitrogens with one attached hydrogen (secondary N) is 1. The van der Waals surface area contributed by atoms with Crippen LogP contribution in [0.1, 0.15) is 49.3 Å². The van der Waals surface area contributed by atoms with Crippen LogP contribution in [-0.4, -0.2) is 25.1 Å². The molecule has 0 aliphatic carbocycles. The van der Waals surface area contributed by atoms with Gasteiger partial charge in [-0.05, 0) is 40.9 Å². The zero-order valence-electron chi connectivity index (χ0n) is 16.4. The monoisotopic (exact) mass is 462 g/mol. The maximum atomic E-state index is 12.5. The number of H-pyrrole nitrogens is 1. The third-order valence-corrected chi connectivity index (χ3v) is 5.26. The molecule has 0 radical (unpaired) electrons. The van der Waals surface area contributed by atoms with Crippen molar-refractivity contribution in [3.05, 3.63) is 61.0 Å². The Balaban J connectivity index is 2.01. The normalized spacial score (nSPS) is 11.1. The average Bonchev–Trinajstić information content (AvgIpc) is 3.05. The topological polar surface area (TPSA) is 99.0 Å². The second-order valence-corrected chi connectivity index (χ2v) is 7.53. The number of carbonyl (C=O) groups excluding carboxylic acids is 1. The Hall–Kier alpha value is -2.68. The molecule has 0 aliphatic heterocycles. The van der Waals surface area contributed by atoms with Crippen LogP contribution in [0.25, 0.3) is 11.2 Å². The maximum absolute atomic E-state index is 12.5. The van der Waals surface area contributed by atoms with Crippen molar-refractivity contribution >= 4 is 33.1 Å². The van der Waals surface area contributed by atoms with Crippen LogP contribution in [0.15, 0.2) is 38.3 Å². The summed E-state index contributed by atoms with van der Waals surface area (Å²) in [6.45, 7) is 4.88. The Kier molecular flexibility index (Phi) is 6.68. The first-order chi connectivity index (χ1) is 14.0. The van der Waals surface area contributed by atoms with Gasteiger partial charge in [-0.1, -0.05) is 32.4 Å². The molecule has 8 nitrogen and oxygen atoms in total. The number of aromatic nitrogens is 4. The molecule has 0 spiro atoms. The summed E-state index contributed by atoms with van der Waals surface area (Å²) < 4.78 is 9.29. The predicted octanol–water partition coefficient (Wildman–Crippen LogP) is 3.22. The van der Waals surface area contributed by atoms with Crippen molar-refractivity contribution in [3.8, 4) is 0 Å². The first-order valence-corrected chi connectivity index (χ1v) is 10.4. The van der Waals surface area contributed by atoms with Gasteiger partial charge in [0, 0.05) is 17.6 Å². The van der Waals surface area contributed by atoms with Gasteiger partial charge >= 0.3 is 11.7 Å². The second kappa shape index (κ2) is 9.21. The Bertz CT molecular complexity index is 1150. The Morgan fingerprint density at radius 3 is 2.59 bits per heavy atom. The Morgan fingerprint density at radius 1 is 1.14 bits per heavy atom. The summed E-state index contributed by atoms with van der Waals surface area (Å²) in [6.07, 6.45) is 2.44. The maximum Gasteiger partial charge on any atom is 0.339 e. The number of aromatic amines is 1. The van der Waals surface area contributed by atoms with Gasteiger partial charge in [0.05, 0.1) is 5.56 Å². The highest BCUT2D eigenvalue weighted by Crippen LogP contribution is 2.18. The molecule has 3 aromatic rings. The van der Waals surface area contributed by atoms with Gasteiger partial charge in [-0.15, -0.1) is 0 Å². The van der Waals surface area contributed by atoms with Crippen molar-refractivity contribution in [2.24, 2.45) is 0 Å². The Labute approximate surface area is 175 Å². The summed E-state index contributed by atoms with van der Waals surface area (Å²) in [5.41, 5.74) is 0.0985. The summed E-state index contributed by atoms with van der Waals surface area (Å²) in [6, 6.07) is 6.98. The molecule has 0 bridgehead atoms.